The molecule has 14 heteroatoms. The number of aromatic carboxylic acids is 1. The van der Waals surface area contributed by atoms with Crippen molar-refractivity contribution in [1.29, 1.82) is 0 Å². The fourth-order valence-electron chi connectivity index (χ4n) is 1.73. The molecule has 1 aromatic carbocycles. The lowest BCUT2D eigenvalue weighted by molar-refractivity contribution is -0.114. The molecule has 1 heterocycles. The van der Waals surface area contributed by atoms with Crippen LogP contribution in [0, 0.1) is 11.6 Å². The topological polar surface area (TPSA) is 173 Å². The number of halogens is 2. The summed E-state index contributed by atoms with van der Waals surface area (Å²) in [6.07, 6.45) is 0. The highest BCUT2D eigenvalue weighted by atomic mass is 32.2. The number of thiazole rings is 1. The molecule has 1 aromatic heterocycles. The molecule has 1 amide bonds. The number of nitrogens with one attached hydrogen (secondary N) is 2. The van der Waals surface area contributed by atoms with Crippen molar-refractivity contribution >= 4 is 50.8 Å². The first kappa shape index (κ1) is 20.2. The van der Waals surface area contributed by atoms with Crippen molar-refractivity contribution in [2.24, 2.45) is 16.5 Å². The van der Waals surface area contributed by atoms with E-state index in [-0.39, 0.29) is 21.6 Å². The molecule has 2 rings (SSSR count). The molecule has 0 fully saturated rings. The van der Waals surface area contributed by atoms with Crippen molar-refractivity contribution in [3.8, 4) is 0 Å². The van der Waals surface area contributed by atoms with Gasteiger partial charge in [0.25, 0.3) is 0 Å². The minimum atomic E-state index is -2.18. The Kier molecular flexibility index (Phi) is 6.36. The Morgan fingerprint density at radius 3 is 2.48 bits per heavy atom. The van der Waals surface area contributed by atoms with Crippen LogP contribution in [-0.4, -0.2) is 38.7 Å². The number of aliphatic imine (C=N–C) groups is 1. The van der Waals surface area contributed by atoms with Crippen molar-refractivity contribution < 1.29 is 27.7 Å². The summed E-state index contributed by atoms with van der Waals surface area (Å²) in [7, 11) is -2.18. The third kappa shape index (κ3) is 5.18. The third-order valence-corrected chi connectivity index (χ3v) is 4.78. The first-order valence-corrected chi connectivity index (χ1v) is 8.91. The minimum Gasteiger partial charge on any atom is -0.476 e. The van der Waals surface area contributed by atoms with Gasteiger partial charge in [-0.05, 0) is 12.1 Å². The number of hydrogen-bond acceptors (Lipinski definition) is 6. The number of anilines is 2. The average molecular weight is 418 g/mol. The van der Waals surface area contributed by atoms with Crippen LogP contribution in [0.3, 0.4) is 0 Å². The summed E-state index contributed by atoms with van der Waals surface area (Å²) in [4.78, 5) is 29.2. The first-order chi connectivity index (χ1) is 12.7. The van der Waals surface area contributed by atoms with Crippen LogP contribution in [0.5, 0.6) is 0 Å². The molecule has 0 saturated heterocycles. The molecule has 0 aliphatic rings. The second kappa shape index (κ2) is 8.50. The monoisotopic (exact) mass is 418 g/mol. The van der Waals surface area contributed by atoms with Gasteiger partial charge in [0.05, 0.1) is 10.4 Å². The van der Waals surface area contributed by atoms with Gasteiger partial charge in [-0.2, -0.15) is 0 Å². The lowest BCUT2D eigenvalue weighted by Gasteiger charge is -2.10. The summed E-state index contributed by atoms with van der Waals surface area (Å²) in [5.41, 5.74) is 10.2. The Bertz CT molecular complexity index is 922. The normalized spacial score (nSPS) is 11.5. The maximum absolute atomic E-state index is 14.1. The van der Waals surface area contributed by atoms with Gasteiger partial charge in [0.2, 0.25) is 5.91 Å². The number of carbonyl (C=O) groups excluding carboxylic acids is 1. The number of rotatable bonds is 7. The largest absolute Gasteiger partial charge is 0.476 e. The number of carboxylic acids is 1. The number of hydrogen-bond donors (Lipinski definition) is 5. The molecule has 0 aliphatic carbocycles. The van der Waals surface area contributed by atoms with Gasteiger partial charge < -0.3 is 21.9 Å². The van der Waals surface area contributed by atoms with Crippen LogP contribution in [0.4, 0.5) is 19.5 Å². The summed E-state index contributed by atoms with van der Waals surface area (Å²) >= 11 is 0.855. The fourth-order valence-corrected chi connectivity index (χ4v) is 3.47. The molecule has 2 aromatic rings. The fraction of sp³-hybridized carbons (Fsp3) is 0.0769. The number of carbonyl (C=O) groups is 2. The number of carboxylic acid groups (broad SMARTS) is 1. The summed E-state index contributed by atoms with van der Waals surface area (Å²) < 4.78 is 42.8. The van der Waals surface area contributed by atoms with Gasteiger partial charge in [-0.3, -0.25) is 9.52 Å². The third-order valence-electron chi connectivity index (χ3n) is 2.85. The second-order valence-corrected chi connectivity index (χ2v) is 6.82. The Labute approximate surface area is 156 Å². The second-order valence-electron chi connectivity index (χ2n) is 4.76. The minimum absolute atomic E-state index is 0.0451. The van der Waals surface area contributed by atoms with Gasteiger partial charge in [0.15, 0.2) is 34.3 Å². The molecule has 0 bridgehead atoms. The molecule has 0 spiro atoms. The molecular weight excluding hydrogens is 406 g/mol. The number of nitrogens with zero attached hydrogens (tertiary/aromatic N) is 2. The van der Waals surface area contributed by atoms with Crippen molar-refractivity contribution in [3.05, 3.63) is 35.0 Å². The van der Waals surface area contributed by atoms with E-state index in [1.807, 2.05) is 5.32 Å². The highest BCUT2D eigenvalue weighted by Crippen LogP contribution is 2.26. The molecule has 7 N–H and O–H groups in total. The predicted octanol–water partition coefficient (Wildman–Crippen LogP) is 0.466. The number of aromatic nitrogens is 1. The zero-order valence-corrected chi connectivity index (χ0v) is 14.9. The van der Waals surface area contributed by atoms with Gasteiger partial charge in [-0.1, -0.05) is 0 Å². The zero-order chi connectivity index (χ0) is 20.1. The molecule has 10 nitrogen and oxygen atoms in total. The quantitative estimate of drug-likeness (QED) is 0.321. The van der Waals surface area contributed by atoms with Crippen LogP contribution in [0.2, 0.25) is 0 Å². The van der Waals surface area contributed by atoms with E-state index in [2.05, 4.69) is 14.7 Å². The standard InChI is InChI=1S/C13H12F2N6O4S2/c14-6-1-5(27(25)21-11-10(12(23)24)19-4-26-11)2-7(15)9(6)20-8(22)3-18-13(16)17/h1-2,4,21H,3H2,(H,20,22)(H,23,24)(H4,16,17,18). The Hall–Kier alpha value is -3.13. The van der Waals surface area contributed by atoms with Crippen LogP contribution in [-0.2, 0) is 15.8 Å². The molecule has 144 valence electrons. The van der Waals surface area contributed by atoms with Crippen LogP contribution >= 0.6 is 11.3 Å². The van der Waals surface area contributed by atoms with E-state index in [9.17, 15) is 22.6 Å². The maximum Gasteiger partial charge on any atom is 0.357 e. The van der Waals surface area contributed by atoms with E-state index in [0.29, 0.717) is 0 Å². The predicted molar refractivity (Wildman–Crippen MR) is 94.8 cm³/mol. The van der Waals surface area contributed by atoms with E-state index in [1.54, 1.807) is 0 Å². The van der Waals surface area contributed by atoms with Gasteiger partial charge in [0.1, 0.15) is 17.2 Å². The molecule has 0 aliphatic heterocycles. The van der Waals surface area contributed by atoms with Crippen molar-refractivity contribution in [2.45, 2.75) is 4.90 Å². The van der Waals surface area contributed by atoms with Gasteiger partial charge in [0, 0.05) is 0 Å². The Morgan fingerprint density at radius 2 is 1.93 bits per heavy atom. The smallest absolute Gasteiger partial charge is 0.357 e. The summed E-state index contributed by atoms with van der Waals surface area (Å²) in [5.74, 6) is -4.98. The summed E-state index contributed by atoms with van der Waals surface area (Å²) in [6, 6.07) is 1.45. The van der Waals surface area contributed by atoms with Crippen LogP contribution in [0.15, 0.2) is 27.5 Å². The number of guanidine groups is 1. The molecular formula is C13H12F2N6O4S2. The van der Waals surface area contributed by atoms with E-state index in [1.165, 1.54) is 5.51 Å². The van der Waals surface area contributed by atoms with E-state index in [4.69, 9.17) is 16.6 Å². The van der Waals surface area contributed by atoms with Gasteiger partial charge in [-0.15, -0.1) is 11.3 Å². The first-order valence-electron chi connectivity index (χ1n) is 6.88. The highest BCUT2D eigenvalue weighted by molar-refractivity contribution is 7.86. The highest BCUT2D eigenvalue weighted by Gasteiger charge is 2.19. The van der Waals surface area contributed by atoms with Gasteiger partial charge in [-0.25, -0.2) is 27.8 Å². The lowest BCUT2D eigenvalue weighted by Crippen LogP contribution is -2.26. The lowest BCUT2D eigenvalue weighted by atomic mass is 10.3. The number of nitrogens with two attached hydrogens (primary N) is 2. The summed E-state index contributed by atoms with van der Waals surface area (Å²) in [6.45, 7) is -0.542. The molecule has 0 radical (unpaired) electrons. The van der Waals surface area contributed by atoms with E-state index in [0.717, 1.165) is 23.5 Å². The van der Waals surface area contributed by atoms with Crippen LogP contribution < -0.4 is 21.5 Å². The van der Waals surface area contributed by atoms with Gasteiger partial charge >= 0.3 is 5.97 Å². The summed E-state index contributed by atoms with van der Waals surface area (Å²) in [5, 5.41) is 10.9. The number of benzene rings is 1. The van der Waals surface area contributed by atoms with Crippen LogP contribution in [0.1, 0.15) is 10.5 Å². The van der Waals surface area contributed by atoms with Crippen molar-refractivity contribution in [2.75, 3.05) is 16.6 Å². The van der Waals surface area contributed by atoms with Crippen molar-refractivity contribution in [1.82, 2.24) is 4.98 Å². The maximum atomic E-state index is 14.1. The zero-order valence-electron chi connectivity index (χ0n) is 13.2. The average Bonchev–Trinajstić information content (AvgIpc) is 3.04. The number of amides is 1. The molecule has 0 saturated carbocycles. The SMILES string of the molecule is NC(N)=NCC(=O)Nc1c(F)cc(S(=O)Nc2scnc2C(=O)O)cc1F. The molecule has 27 heavy (non-hydrogen) atoms. The van der Waals surface area contributed by atoms with Crippen molar-refractivity contribution in [3.63, 3.8) is 0 Å². The molecule has 1 unspecified atom stereocenters. The van der Waals surface area contributed by atoms with E-state index < -0.39 is 46.7 Å². The van der Waals surface area contributed by atoms with Crippen LogP contribution in [0.25, 0.3) is 0 Å². The van der Waals surface area contributed by atoms with E-state index >= 15 is 0 Å². The molecule has 1 atom stereocenters. The Morgan fingerprint density at radius 1 is 1.30 bits per heavy atom. The Balaban J connectivity index is 2.19.